The van der Waals surface area contributed by atoms with Gasteiger partial charge in [-0.15, -0.1) is 0 Å². The van der Waals surface area contributed by atoms with Gasteiger partial charge in [-0.25, -0.2) is 0 Å². The van der Waals surface area contributed by atoms with Crippen LogP contribution in [0.1, 0.15) is 26.2 Å². The maximum atomic E-state index is 11.5. The summed E-state index contributed by atoms with van der Waals surface area (Å²) in [5.74, 6) is 0. The van der Waals surface area contributed by atoms with Gasteiger partial charge in [0.15, 0.2) is 0 Å². The fraction of sp³-hybridized carbons (Fsp3) is 0.929. The first-order valence-electron chi connectivity index (χ1n) is 7.12. The molecular weight excluding hydrogens is 228 g/mol. The van der Waals surface area contributed by atoms with Crippen LogP contribution in [0.3, 0.4) is 0 Å². The van der Waals surface area contributed by atoms with Crippen LogP contribution in [0, 0.1) is 5.41 Å². The quantitative estimate of drug-likeness (QED) is 0.704. The van der Waals surface area contributed by atoms with E-state index in [0.29, 0.717) is 12.6 Å². The Balaban J connectivity index is 1.99. The first-order chi connectivity index (χ1) is 8.65. The van der Waals surface area contributed by atoms with Crippen LogP contribution in [0.2, 0.25) is 0 Å². The summed E-state index contributed by atoms with van der Waals surface area (Å²) >= 11 is 0. The third-order valence-corrected chi connectivity index (χ3v) is 4.31. The summed E-state index contributed by atoms with van der Waals surface area (Å²) in [7, 11) is 2.18. The van der Waals surface area contributed by atoms with Crippen molar-refractivity contribution in [1.82, 2.24) is 9.80 Å². The lowest BCUT2D eigenvalue weighted by Crippen LogP contribution is -2.48. The second kappa shape index (κ2) is 6.13. The van der Waals surface area contributed by atoms with Crippen molar-refractivity contribution >= 4 is 6.29 Å². The van der Waals surface area contributed by atoms with E-state index in [9.17, 15) is 4.79 Å². The summed E-state index contributed by atoms with van der Waals surface area (Å²) in [6, 6.07) is 0.524. The summed E-state index contributed by atoms with van der Waals surface area (Å²) in [5.41, 5.74) is -0.255. The highest BCUT2D eigenvalue weighted by molar-refractivity contribution is 5.60. The minimum Gasteiger partial charge on any atom is -0.380 e. The molecule has 18 heavy (non-hydrogen) atoms. The summed E-state index contributed by atoms with van der Waals surface area (Å²) in [6.07, 6.45) is 4.33. The van der Waals surface area contributed by atoms with Crippen molar-refractivity contribution in [2.24, 2.45) is 5.41 Å². The molecule has 0 amide bonds. The summed E-state index contributed by atoms with van der Waals surface area (Å²) < 4.78 is 5.54. The largest absolute Gasteiger partial charge is 0.380 e. The zero-order valence-electron chi connectivity index (χ0n) is 11.7. The number of hydrogen-bond donors (Lipinski definition) is 0. The van der Waals surface area contributed by atoms with Crippen molar-refractivity contribution in [3.63, 3.8) is 0 Å². The van der Waals surface area contributed by atoms with Crippen molar-refractivity contribution in [3.8, 4) is 0 Å². The lowest BCUT2D eigenvalue weighted by molar-refractivity contribution is -0.126. The number of ether oxygens (including phenoxy) is 1. The maximum Gasteiger partial charge on any atom is 0.129 e. The van der Waals surface area contributed by atoms with Crippen LogP contribution in [0.15, 0.2) is 0 Å². The predicted octanol–water partition coefficient (Wildman–Crippen LogP) is 1.01. The molecule has 0 aromatic carbocycles. The molecule has 2 saturated heterocycles. The van der Waals surface area contributed by atoms with Crippen molar-refractivity contribution in [2.45, 2.75) is 32.2 Å². The number of likely N-dealkylation sites (N-methyl/N-ethyl adjacent to an activating group) is 1. The maximum absolute atomic E-state index is 11.5. The Kier molecular flexibility index (Phi) is 4.76. The Bertz CT molecular complexity index is 277. The van der Waals surface area contributed by atoms with Gasteiger partial charge in [-0.2, -0.15) is 0 Å². The average Bonchev–Trinajstić information content (AvgIpc) is 2.52. The second-order valence-electron chi connectivity index (χ2n) is 6.07. The average molecular weight is 254 g/mol. The molecule has 2 atom stereocenters. The van der Waals surface area contributed by atoms with Crippen LogP contribution in [-0.4, -0.2) is 68.6 Å². The number of aldehydes is 1. The molecule has 0 aliphatic carbocycles. The molecule has 104 valence electrons. The third-order valence-electron chi connectivity index (χ3n) is 4.31. The standard InChI is InChI=1S/C14H26N2O2/c1-13-9-15(2)6-4-7-16(13)10-14(11-17)5-3-8-18-12-14/h11,13H,3-10,12H2,1-2H3. The van der Waals surface area contributed by atoms with E-state index in [1.165, 1.54) is 6.42 Å². The highest BCUT2D eigenvalue weighted by atomic mass is 16.5. The Morgan fingerprint density at radius 3 is 2.89 bits per heavy atom. The van der Waals surface area contributed by atoms with Gasteiger partial charge in [-0.1, -0.05) is 0 Å². The van der Waals surface area contributed by atoms with Gasteiger partial charge in [0, 0.05) is 25.7 Å². The van der Waals surface area contributed by atoms with Crippen LogP contribution < -0.4 is 0 Å². The van der Waals surface area contributed by atoms with E-state index in [1.807, 2.05) is 0 Å². The number of carbonyl (C=O) groups is 1. The van der Waals surface area contributed by atoms with Gasteiger partial charge in [0.1, 0.15) is 6.29 Å². The lowest BCUT2D eigenvalue weighted by atomic mass is 9.83. The van der Waals surface area contributed by atoms with Crippen molar-refractivity contribution < 1.29 is 9.53 Å². The monoisotopic (exact) mass is 254 g/mol. The molecular formula is C14H26N2O2. The van der Waals surface area contributed by atoms with Crippen molar-refractivity contribution in [3.05, 3.63) is 0 Å². The fourth-order valence-electron chi connectivity index (χ4n) is 3.19. The molecule has 0 saturated carbocycles. The SMILES string of the molecule is CC1CN(C)CCCN1CC1(C=O)CCCOC1. The summed E-state index contributed by atoms with van der Waals surface area (Å²) in [6.45, 7) is 7.90. The number of nitrogens with zero attached hydrogens (tertiary/aromatic N) is 2. The minimum atomic E-state index is -0.255. The molecule has 4 nitrogen and oxygen atoms in total. The molecule has 0 aromatic heterocycles. The normalized spacial score (nSPS) is 36.2. The number of hydrogen-bond acceptors (Lipinski definition) is 4. The highest BCUT2D eigenvalue weighted by Gasteiger charge is 2.36. The van der Waals surface area contributed by atoms with Gasteiger partial charge in [0.2, 0.25) is 0 Å². The van der Waals surface area contributed by atoms with E-state index in [0.717, 1.165) is 51.9 Å². The highest BCUT2D eigenvalue weighted by Crippen LogP contribution is 2.28. The van der Waals surface area contributed by atoms with E-state index in [-0.39, 0.29) is 5.41 Å². The van der Waals surface area contributed by atoms with Crippen LogP contribution in [0.5, 0.6) is 0 Å². The summed E-state index contributed by atoms with van der Waals surface area (Å²) in [5, 5.41) is 0. The van der Waals surface area contributed by atoms with E-state index >= 15 is 0 Å². The van der Waals surface area contributed by atoms with E-state index in [4.69, 9.17) is 4.74 Å². The van der Waals surface area contributed by atoms with Crippen LogP contribution in [-0.2, 0) is 9.53 Å². The molecule has 2 aliphatic heterocycles. The molecule has 0 radical (unpaired) electrons. The molecule has 2 heterocycles. The molecule has 0 aromatic rings. The fourth-order valence-corrected chi connectivity index (χ4v) is 3.19. The summed E-state index contributed by atoms with van der Waals surface area (Å²) in [4.78, 5) is 16.4. The third kappa shape index (κ3) is 3.31. The minimum absolute atomic E-state index is 0.255. The van der Waals surface area contributed by atoms with E-state index < -0.39 is 0 Å². The van der Waals surface area contributed by atoms with Crippen LogP contribution >= 0.6 is 0 Å². The first kappa shape index (κ1) is 14.0. The molecule has 2 unspecified atom stereocenters. The Hall–Kier alpha value is -0.450. The zero-order chi connectivity index (χ0) is 13.0. The topological polar surface area (TPSA) is 32.8 Å². The van der Waals surface area contributed by atoms with Gasteiger partial charge < -0.3 is 14.4 Å². The van der Waals surface area contributed by atoms with Crippen molar-refractivity contribution in [2.75, 3.05) is 46.4 Å². The van der Waals surface area contributed by atoms with Gasteiger partial charge in [-0.3, -0.25) is 4.90 Å². The molecule has 0 bridgehead atoms. The van der Waals surface area contributed by atoms with Crippen molar-refractivity contribution in [1.29, 1.82) is 0 Å². The second-order valence-corrected chi connectivity index (χ2v) is 6.07. The molecule has 0 N–H and O–H groups in total. The van der Waals surface area contributed by atoms with Crippen LogP contribution in [0.4, 0.5) is 0 Å². The smallest absolute Gasteiger partial charge is 0.129 e. The number of carbonyl (C=O) groups excluding carboxylic acids is 1. The molecule has 4 heteroatoms. The Labute approximate surface area is 110 Å². The van der Waals surface area contributed by atoms with Gasteiger partial charge in [0.05, 0.1) is 12.0 Å². The zero-order valence-corrected chi connectivity index (χ0v) is 11.7. The van der Waals surface area contributed by atoms with Crippen LogP contribution in [0.25, 0.3) is 0 Å². The first-order valence-corrected chi connectivity index (χ1v) is 7.12. The Morgan fingerprint density at radius 2 is 2.22 bits per heavy atom. The lowest BCUT2D eigenvalue weighted by Gasteiger charge is -2.38. The predicted molar refractivity (Wildman–Crippen MR) is 71.7 cm³/mol. The molecule has 2 fully saturated rings. The molecule has 0 spiro atoms. The van der Waals surface area contributed by atoms with Gasteiger partial charge in [-0.05, 0) is 46.3 Å². The van der Waals surface area contributed by atoms with Gasteiger partial charge in [0.25, 0.3) is 0 Å². The van der Waals surface area contributed by atoms with E-state index in [1.54, 1.807) is 0 Å². The van der Waals surface area contributed by atoms with E-state index in [2.05, 4.69) is 23.8 Å². The van der Waals surface area contributed by atoms with Gasteiger partial charge >= 0.3 is 0 Å². The molecule has 2 aliphatic rings. The molecule has 2 rings (SSSR count). The number of rotatable bonds is 3. The Morgan fingerprint density at radius 1 is 1.39 bits per heavy atom.